The quantitative estimate of drug-likeness (QED) is 0.766. The third kappa shape index (κ3) is 4.21. The van der Waals surface area contributed by atoms with Crippen LogP contribution in [-0.2, 0) is 16.6 Å². The Morgan fingerprint density at radius 2 is 2.23 bits per heavy atom. The molecule has 72 valence electrons. The number of nitrogens with zero attached hydrogens (tertiary/aromatic N) is 1. The van der Waals surface area contributed by atoms with Gasteiger partial charge in [-0.1, -0.05) is 17.7 Å². The Bertz CT molecular complexity index is 391. The van der Waals surface area contributed by atoms with Crippen LogP contribution in [0.5, 0.6) is 0 Å². The molecule has 0 radical (unpaired) electrons. The zero-order valence-corrected chi connectivity index (χ0v) is 8.56. The summed E-state index contributed by atoms with van der Waals surface area (Å²) in [5.41, 5.74) is 0.595. The van der Waals surface area contributed by atoms with E-state index in [9.17, 15) is 8.42 Å². The van der Waals surface area contributed by atoms with Crippen molar-refractivity contribution >= 4 is 21.6 Å². The summed E-state index contributed by atoms with van der Waals surface area (Å²) in [7, 11) is -3.17. The number of halogens is 1. The summed E-state index contributed by atoms with van der Waals surface area (Å²) >= 11 is 5.61. The molecular formula is C7H9ClN2O2S. The molecule has 0 aromatic carbocycles. The van der Waals surface area contributed by atoms with Gasteiger partial charge < -0.3 is 0 Å². The Morgan fingerprint density at radius 3 is 2.77 bits per heavy atom. The molecule has 6 heteroatoms. The standard InChI is InChI=1S/C7H9ClN2O2S/c1-13(11,12)9-5-6-3-2-4-7(8)10-6/h2-4,9H,5H2,1H3. The summed E-state index contributed by atoms with van der Waals surface area (Å²) in [5, 5.41) is 0.354. The van der Waals surface area contributed by atoms with Gasteiger partial charge in [0, 0.05) is 0 Å². The SMILES string of the molecule is CS(=O)(=O)NCc1cccc(Cl)n1. The predicted octanol–water partition coefficient (Wildman–Crippen LogP) is 0.784. The molecule has 0 saturated heterocycles. The minimum Gasteiger partial charge on any atom is -0.240 e. The molecule has 0 amide bonds. The minimum absolute atomic E-state index is 0.166. The van der Waals surface area contributed by atoms with Gasteiger partial charge in [-0.15, -0.1) is 0 Å². The monoisotopic (exact) mass is 220 g/mol. The molecule has 0 saturated carbocycles. The first kappa shape index (κ1) is 10.4. The lowest BCUT2D eigenvalue weighted by Gasteiger charge is -2.01. The third-order valence-corrected chi connectivity index (χ3v) is 2.17. The molecule has 0 aliphatic carbocycles. The van der Waals surface area contributed by atoms with Crippen molar-refractivity contribution in [1.82, 2.24) is 9.71 Å². The maximum Gasteiger partial charge on any atom is 0.209 e. The fourth-order valence-electron chi connectivity index (χ4n) is 0.754. The van der Waals surface area contributed by atoms with E-state index in [1.165, 1.54) is 0 Å². The fraction of sp³-hybridized carbons (Fsp3) is 0.286. The second kappa shape index (κ2) is 4.04. The van der Waals surface area contributed by atoms with Gasteiger partial charge in [-0.3, -0.25) is 0 Å². The van der Waals surface area contributed by atoms with Gasteiger partial charge in [0.2, 0.25) is 10.0 Å². The summed E-state index contributed by atoms with van der Waals surface area (Å²) in [5.74, 6) is 0. The van der Waals surface area contributed by atoms with Crippen LogP contribution in [0, 0.1) is 0 Å². The number of aromatic nitrogens is 1. The second-order valence-corrected chi connectivity index (χ2v) is 4.77. The van der Waals surface area contributed by atoms with Gasteiger partial charge in [0.1, 0.15) is 5.15 Å². The molecule has 0 fully saturated rings. The van der Waals surface area contributed by atoms with Gasteiger partial charge in [-0.05, 0) is 12.1 Å². The summed E-state index contributed by atoms with van der Waals surface area (Å²) in [6.45, 7) is 0.166. The molecule has 0 aliphatic rings. The molecule has 13 heavy (non-hydrogen) atoms. The first-order valence-corrected chi connectivity index (χ1v) is 5.80. The van der Waals surface area contributed by atoms with Gasteiger partial charge in [0.05, 0.1) is 18.5 Å². The highest BCUT2D eigenvalue weighted by atomic mass is 35.5. The van der Waals surface area contributed by atoms with Crippen LogP contribution in [0.15, 0.2) is 18.2 Å². The first-order chi connectivity index (χ1) is 5.97. The van der Waals surface area contributed by atoms with Crippen LogP contribution in [-0.4, -0.2) is 19.7 Å². The molecule has 0 unspecified atom stereocenters. The van der Waals surface area contributed by atoms with Gasteiger partial charge in [-0.2, -0.15) is 0 Å². The van der Waals surface area contributed by atoms with Crippen LogP contribution in [0.1, 0.15) is 5.69 Å². The Morgan fingerprint density at radius 1 is 1.54 bits per heavy atom. The van der Waals surface area contributed by atoms with Crippen molar-refractivity contribution in [3.63, 3.8) is 0 Å². The molecular weight excluding hydrogens is 212 g/mol. The lowest BCUT2D eigenvalue weighted by molar-refractivity contribution is 0.586. The Labute approximate surface area is 82.0 Å². The van der Waals surface area contributed by atoms with E-state index in [0.29, 0.717) is 10.8 Å². The van der Waals surface area contributed by atoms with E-state index in [0.717, 1.165) is 6.26 Å². The molecule has 1 N–H and O–H groups in total. The molecule has 1 aromatic heterocycles. The van der Waals surface area contributed by atoms with E-state index in [1.54, 1.807) is 18.2 Å². The van der Waals surface area contributed by atoms with Crippen LogP contribution >= 0.6 is 11.6 Å². The highest BCUT2D eigenvalue weighted by Crippen LogP contribution is 2.04. The topological polar surface area (TPSA) is 59.1 Å². The number of pyridine rings is 1. The fourth-order valence-corrected chi connectivity index (χ4v) is 1.35. The minimum atomic E-state index is -3.17. The third-order valence-electron chi connectivity index (χ3n) is 1.29. The Hall–Kier alpha value is -0.650. The Balaban J connectivity index is 2.65. The molecule has 0 bridgehead atoms. The number of hydrogen-bond donors (Lipinski definition) is 1. The van der Waals surface area contributed by atoms with Crippen molar-refractivity contribution in [2.45, 2.75) is 6.54 Å². The predicted molar refractivity (Wildman–Crippen MR) is 50.9 cm³/mol. The number of hydrogen-bond acceptors (Lipinski definition) is 3. The molecule has 1 rings (SSSR count). The lowest BCUT2D eigenvalue weighted by Crippen LogP contribution is -2.21. The van der Waals surface area contributed by atoms with Gasteiger partial charge >= 0.3 is 0 Å². The van der Waals surface area contributed by atoms with Crippen LogP contribution in [0.2, 0.25) is 5.15 Å². The van der Waals surface area contributed by atoms with E-state index >= 15 is 0 Å². The van der Waals surface area contributed by atoms with Crippen LogP contribution < -0.4 is 4.72 Å². The average molecular weight is 221 g/mol. The molecule has 0 spiro atoms. The van der Waals surface area contributed by atoms with Gasteiger partial charge in [-0.25, -0.2) is 18.1 Å². The normalized spacial score (nSPS) is 11.5. The number of sulfonamides is 1. The molecule has 0 atom stereocenters. The van der Waals surface area contributed by atoms with E-state index < -0.39 is 10.0 Å². The van der Waals surface area contributed by atoms with Crippen molar-refractivity contribution in [3.05, 3.63) is 29.0 Å². The summed E-state index contributed by atoms with van der Waals surface area (Å²) in [4.78, 5) is 3.91. The molecule has 1 aromatic rings. The summed E-state index contributed by atoms with van der Waals surface area (Å²) in [6, 6.07) is 5.05. The summed E-state index contributed by atoms with van der Waals surface area (Å²) < 4.78 is 23.8. The average Bonchev–Trinajstić information content (AvgIpc) is 2.00. The summed E-state index contributed by atoms with van der Waals surface area (Å²) in [6.07, 6.45) is 1.09. The van der Waals surface area contributed by atoms with Crippen molar-refractivity contribution in [2.24, 2.45) is 0 Å². The lowest BCUT2D eigenvalue weighted by atomic mass is 10.4. The van der Waals surface area contributed by atoms with E-state index in [-0.39, 0.29) is 6.54 Å². The van der Waals surface area contributed by atoms with Crippen molar-refractivity contribution < 1.29 is 8.42 Å². The number of nitrogens with one attached hydrogen (secondary N) is 1. The zero-order chi connectivity index (χ0) is 9.90. The van der Waals surface area contributed by atoms with Crippen molar-refractivity contribution in [3.8, 4) is 0 Å². The molecule has 0 aliphatic heterocycles. The van der Waals surface area contributed by atoms with Crippen molar-refractivity contribution in [2.75, 3.05) is 6.26 Å². The zero-order valence-electron chi connectivity index (χ0n) is 6.99. The van der Waals surface area contributed by atoms with Gasteiger partial charge in [0.15, 0.2) is 0 Å². The van der Waals surface area contributed by atoms with Crippen molar-refractivity contribution in [1.29, 1.82) is 0 Å². The largest absolute Gasteiger partial charge is 0.240 e. The van der Waals surface area contributed by atoms with E-state index in [1.807, 2.05) is 0 Å². The van der Waals surface area contributed by atoms with Gasteiger partial charge in [0.25, 0.3) is 0 Å². The number of rotatable bonds is 3. The van der Waals surface area contributed by atoms with Crippen LogP contribution in [0.3, 0.4) is 0 Å². The van der Waals surface area contributed by atoms with E-state index in [4.69, 9.17) is 11.6 Å². The van der Waals surface area contributed by atoms with E-state index in [2.05, 4.69) is 9.71 Å². The van der Waals surface area contributed by atoms with Crippen LogP contribution in [0.4, 0.5) is 0 Å². The first-order valence-electron chi connectivity index (χ1n) is 3.53. The highest BCUT2D eigenvalue weighted by Gasteiger charge is 2.01. The van der Waals surface area contributed by atoms with Crippen LogP contribution in [0.25, 0.3) is 0 Å². The molecule has 4 nitrogen and oxygen atoms in total. The Kier molecular flexibility index (Phi) is 3.24. The highest BCUT2D eigenvalue weighted by molar-refractivity contribution is 7.88. The maximum absolute atomic E-state index is 10.7. The second-order valence-electron chi connectivity index (χ2n) is 2.54. The smallest absolute Gasteiger partial charge is 0.209 e. The maximum atomic E-state index is 10.7. The molecule has 1 heterocycles.